The molecule has 0 bridgehead atoms. The van der Waals surface area contributed by atoms with Crippen molar-refractivity contribution in [1.82, 2.24) is 5.32 Å². The lowest BCUT2D eigenvalue weighted by Crippen LogP contribution is -2.51. The van der Waals surface area contributed by atoms with E-state index in [1.165, 1.54) is 19.3 Å². The fourth-order valence-electron chi connectivity index (χ4n) is 2.36. The van der Waals surface area contributed by atoms with Crippen LogP contribution in [0.15, 0.2) is 0 Å². The third kappa shape index (κ3) is 7.28. The molecule has 3 heteroatoms. The zero-order valence-corrected chi connectivity index (χ0v) is 14.2. The molecule has 3 nitrogen and oxygen atoms in total. The second-order valence-corrected chi connectivity index (χ2v) is 6.97. The summed E-state index contributed by atoms with van der Waals surface area (Å²) in [5, 5.41) is 12.3. The molecule has 1 atom stereocenters. The first-order valence-electron chi connectivity index (χ1n) is 8.25. The first kappa shape index (κ1) is 19.4. The van der Waals surface area contributed by atoms with Crippen LogP contribution in [0.1, 0.15) is 86.0 Å². The molecule has 0 spiro atoms. The molecule has 0 aliphatic rings. The summed E-state index contributed by atoms with van der Waals surface area (Å²) in [7, 11) is 0. The summed E-state index contributed by atoms with van der Waals surface area (Å²) in [6, 6.07) is 0. The lowest BCUT2D eigenvalue weighted by molar-refractivity contribution is -0.133. The van der Waals surface area contributed by atoms with E-state index in [9.17, 15) is 9.90 Å². The van der Waals surface area contributed by atoms with Gasteiger partial charge in [0.15, 0.2) is 0 Å². The normalized spacial score (nSPS) is 14.9. The number of hydrogen-bond acceptors (Lipinski definition) is 2. The molecule has 1 unspecified atom stereocenters. The van der Waals surface area contributed by atoms with E-state index in [4.69, 9.17) is 0 Å². The standard InChI is InChI=1S/C17H35NO2/c1-6-8-10-11-13-17(5,12-9-7-2)15(20)18-16(3,4)14-19/h19H,6-14H2,1-5H3,(H,18,20). The summed E-state index contributed by atoms with van der Waals surface area (Å²) in [6.45, 7) is 10.1. The number of hydrogen-bond donors (Lipinski definition) is 2. The summed E-state index contributed by atoms with van der Waals surface area (Å²) >= 11 is 0. The van der Waals surface area contributed by atoms with Crippen molar-refractivity contribution in [1.29, 1.82) is 0 Å². The molecular formula is C17H35NO2. The van der Waals surface area contributed by atoms with Gasteiger partial charge in [-0.2, -0.15) is 0 Å². The molecule has 0 aliphatic heterocycles. The number of unbranched alkanes of at least 4 members (excludes halogenated alkanes) is 4. The highest BCUT2D eigenvalue weighted by Crippen LogP contribution is 2.32. The molecule has 20 heavy (non-hydrogen) atoms. The minimum atomic E-state index is -0.534. The largest absolute Gasteiger partial charge is 0.394 e. The van der Waals surface area contributed by atoms with Crippen molar-refractivity contribution in [3.63, 3.8) is 0 Å². The number of carbonyl (C=O) groups is 1. The molecular weight excluding hydrogens is 250 g/mol. The number of amides is 1. The zero-order chi connectivity index (χ0) is 15.6. The maximum absolute atomic E-state index is 12.6. The Balaban J connectivity index is 4.61. The van der Waals surface area contributed by atoms with E-state index in [1.54, 1.807) is 0 Å². The molecule has 0 radical (unpaired) electrons. The van der Waals surface area contributed by atoms with Crippen molar-refractivity contribution in [3.8, 4) is 0 Å². The van der Waals surface area contributed by atoms with Gasteiger partial charge in [0.05, 0.1) is 12.1 Å². The van der Waals surface area contributed by atoms with E-state index >= 15 is 0 Å². The number of nitrogens with one attached hydrogen (secondary N) is 1. The number of carbonyl (C=O) groups excluding carboxylic acids is 1. The van der Waals surface area contributed by atoms with Crippen LogP contribution in [0.5, 0.6) is 0 Å². The Morgan fingerprint density at radius 3 is 2.00 bits per heavy atom. The summed E-state index contributed by atoms with van der Waals surface area (Å²) in [6.07, 6.45) is 8.85. The Labute approximate surface area is 125 Å². The molecule has 120 valence electrons. The van der Waals surface area contributed by atoms with Gasteiger partial charge < -0.3 is 10.4 Å². The number of aliphatic hydroxyl groups is 1. The highest BCUT2D eigenvalue weighted by Gasteiger charge is 2.34. The predicted molar refractivity (Wildman–Crippen MR) is 85.7 cm³/mol. The minimum absolute atomic E-state index is 0.0293. The van der Waals surface area contributed by atoms with Crippen LogP contribution in [0.3, 0.4) is 0 Å². The van der Waals surface area contributed by atoms with Crippen LogP contribution in [-0.4, -0.2) is 23.2 Å². The molecule has 0 rings (SSSR count). The molecule has 0 aromatic rings. The Bertz CT molecular complexity index is 276. The Morgan fingerprint density at radius 1 is 0.950 bits per heavy atom. The van der Waals surface area contributed by atoms with Gasteiger partial charge in [-0.25, -0.2) is 0 Å². The van der Waals surface area contributed by atoms with Crippen LogP contribution < -0.4 is 5.32 Å². The molecule has 0 aromatic carbocycles. The number of rotatable bonds is 11. The smallest absolute Gasteiger partial charge is 0.226 e. The van der Waals surface area contributed by atoms with E-state index < -0.39 is 5.54 Å². The van der Waals surface area contributed by atoms with Gasteiger partial charge in [0.2, 0.25) is 5.91 Å². The monoisotopic (exact) mass is 285 g/mol. The second-order valence-electron chi connectivity index (χ2n) is 6.97. The van der Waals surface area contributed by atoms with E-state index in [2.05, 4.69) is 26.1 Å². The van der Waals surface area contributed by atoms with Gasteiger partial charge in [-0.3, -0.25) is 4.79 Å². The molecule has 0 aromatic heterocycles. The fourth-order valence-corrected chi connectivity index (χ4v) is 2.36. The van der Waals surface area contributed by atoms with Gasteiger partial charge in [0.25, 0.3) is 0 Å². The number of aliphatic hydroxyl groups excluding tert-OH is 1. The van der Waals surface area contributed by atoms with Crippen molar-refractivity contribution < 1.29 is 9.90 Å². The van der Waals surface area contributed by atoms with Gasteiger partial charge in [-0.05, 0) is 26.7 Å². The van der Waals surface area contributed by atoms with Crippen molar-refractivity contribution in [3.05, 3.63) is 0 Å². The van der Waals surface area contributed by atoms with Crippen LogP contribution in [0, 0.1) is 5.41 Å². The topological polar surface area (TPSA) is 49.3 Å². The third-order valence-electron chi connectivity index (χ3n) is 4.06. The maximum atomic E-state index is 12.6. The van der Waals surface area contributed by atoms with Crippen LogP contribution >= 0.6 is 0 Å². The lowest BCUT2D eigenvalue weighted by Gasteiger charge is -2.33. The van der Waals surface area contributed by atoms with Gasteiger partial charge in [-0.15, -0.1) is 0 Å². The molecule has 0 aliphatic carbocycles. The van der Waals surface area contributed by atoms with Crippen LogP contribution in [-0.2, 0) is 4.79 Å². The average Bonchev–Trinajstić information content (AvgIpc) is 2.41. The first-order valence-corrected chi connectivity index (χ1v) is 8.25. The summed E-state index contributed by atoms with van der Waals surface area (Å²) in [5.74, 6) is 0.0986. The molecule has 0 heterocycles. The average molecular weight is 285 g/mol. The Morgan fingerprint density at radius 2 is 1.50 bits per heavy atom. The SMILES string of the molecule is CCCCCCC(C)(CCCC)C(=O)NC(C)(C)CO. The molecule has 0 saturated carbocycles. The highest BCUT2D eigenvalue weighted by molar-refractivity contribution is 5.82. The third-order valence-corrected chi connectivity index (χ3v) is 4.06. The van der Waals surface area contributed by atoms with Crippen LogP contribution in [0.4, 0.5) is 0 Å². The Hall–Kier alpha value is -0.570. The Kier molecular flexibility index (Phi) is 9.11. The van der Waals surface area contributed by atoms with Crippen LogP contribution in [0.2, 0.25) is 0 Å². The lowest BCUT2D eigenvalue weighted by atomic mass is 9.78. The second kappa shape index (κ2) is 9.38. The molecule has 1 amide bonds. The van der Waals surface area contributed by atoms with Crippen molar-refractivity contribution in [2.24, 2.45) is 5.41 Å². The zero-order valence-electron chi connectivity index (χ0n) is 14.2. The summed E-state index contributed by atoms with van der Waals surface area (Å²) in [5.41, 5.74) is -0.829. The maximum Gasteiger partial charge on any atom is 0.226 e. The van der Waals surface area contributed by atoms with Gasteiger partial charge in [0, 0.05) is 5.41 Å². The van der Waals surface area contributed by atoms with E-state index in [0.717, 1.165) is 32.1 Å². The molecule has 2 N–H and O–H groups in total. The summed E-state index contributed by atoms with van der Waals surface area (Å²) in [4.78, 5) is 12.6. The van der Waals surface area contributed by atoms with Gasteiger partial charge in [-0.1, -0.05) is 59.3 Å². The van der Waals surface area contributed by atoms with E-state index in [-0.39, 0.29) is 17.9 Å². The van der Waals surface area contributed by atoms with Gasteiger partial charge in [0.1, 0.15) is 0 Å². The van der Waals surface area contributed by atoms with Crippen molar-refractivity contribution in [2.75, 3.05) is 6.61 Å². The van der Waals surface area contributed by atoms with Crippen molar-refractivity contribution >= 4 is 5.91 Å². The van der Waals surface area contributed by atoms with E-state index in [0.29, 0.717) is 0 Å². The fraction of sp³-hybridized carbons (Fsp3) is 0.941. The highest BCUT2D eigenvalue weighted by atomic mass is 16.3. The molecule has 0 saturated heterocycles. The minimum Gasteiger partial charge on any atom is -0.394 e. The molecule has 0 fully saturated rings. The van der Waals surface area contributed by atoms with Gasteiger partial charge >= 0.3 is 0 Å². The predicted octanol–water partition coefficient (Wildman–Crippen LogP) is 4.04. The quantitative estimate of drug-likeness (QED) is 0.563. The van der Waals surface area contributed by atoms with Crippen LogP contribution in [0.25, 0.3) is 0 Å². The van der Waals surface area contributed by atoms with Crippen molar-refractivity contribution in [2.45, 2.75) is 91.5 Å². The summed E-state index contributed by atoms with van der Waals surface area (Å²) < 4.78 is 0. The van der Waals surface area contributed by atoms with E-state index in [1.807, 2.05) is 13.8 Å². The first-order chi connectivity index (χ1) is 9.31.